The van der Waals surface area contributed by atoms with E-state index >= 15 is 0 Å². The number of amides is 1. The van der Waals surface area contributed by atoms with Crippen molar-refractivity contribution in [1.82, 2.24) is 14.9 Å². The zero-order valence-electron chi connectivity index (χ0n) is 15.8. The Labute approximate surface area is 158 Å². The highest BCUT2D eigenvalue weighted by molar-refractivity contribution is 7.99. The molecule has 1 aliphatic rings. The van der Waals surface area contributed by atoms with Gasteiger partial charge in [-0.15, -0.1) is 23.1 Å². The molecule has 1 aliphatic heterocycles. The lowest BCUT2D eigenvalue weighted by Gasteiger charge is -2.35. The van der Waals surface area contributed by atoms with Gasteiger partial charge in [-0.3, -0.25) is 4.79 Å². The minimum absolute atomic E-state index is 0.275. The number of carbonyl (C=O) groups is 1. The van der Waals surface area contributed by atoms with E-state index in [9.17, 15) is 4.79 Å². The molecule has 6 heteroatoms. The molecule has 4 nitrogen and oxygen atoms in total. The maximum absolute atomic E-state index is 12.4. The zero-order valence-corrected chi connectivity index (χ0v) is 17.4. The Bertz CT molecular complexity index is 771. The minimum atomic E-state index is -0.275. The first-order valence-corrected chi connectivity index (χ1v) is 10.7. The number of piperidine rings is 1. The van der Waals surface area contributed by atoms with Gasteiger partial charge in [0.2, 0.25) is 5.91 Å². The molecule has 25 heavy (non-hydrogen) atoms. The molecular weight excluding hydrogens is 350 g/mol. The summed E-state index contributed by atoms with van der Waals surface area (Å²) in [5.41, 5.74) is 1.04. The quantitative estimate of drug-likeness (QED) is 0.575. The molecule has 1 fully saturated rings. The zero-order chi connectivity index (χ0) is 18.2. The molecule has 0 aliphatic carbocycles. The number of nitrogens with zero attached hydrogens (tertiary/aromatic N) is 3. The summed E-state index contributed by atoms with van der Waals surface area (Å²) in [5.74, 6) is 2.00. The van der Waals surface area contributed by atoms with Crippen molar-refractivity contribution in [3.63, 3.8) is 0 Å². The van der Waals surface area contributed by atoms with Crippen LogP contribution in [0.3, 0.4) is 0 Å². The molecule has 2 aromatic heterocycles. The van der Waals surface area contributed by atoms with Crippen LogP contribution in [-0.2, 0) is 4.79 Å². The van der Waals surface area contributed by atoms with Crippen molar-refractivity contribution < 1.29 is 4.79 Å². The average molecular weight is 378 g/mol. The summed E-state index contributed by atoms with van der Waals surface area (Å²) in [6.07, 6.45) is 3.86. The number of hydrogen-bond acceptors (Lipinski definition) is 5. The molecule has 0 radical (unpaired) electrons. The standard InChI is InChI=1S/C19H27N3OS2/c1-12-13(2)25-17-15(12)16(20-11-21-17)24-10-14-6-8-22(9-7-14)18(23)19(3,4)5/h11,14H,6-10H2,1-5H3. The van der Waals surface area contributed by atoms with E-state index in [0.29, 0.717) is 5.92 Å². The summed E-state index contributed by atoms with van der Waals surface area (Å²) in [6, 6.07) is 0. The molecule has 3 rings (SSSR count). The Kier molecular flexibility index (Phi) is 5.40. The van der Waals surface area contributed by atoms with Crippen LogP contribution >= 0.6 is 23.1 Å². The van der Waals surface area contributed by atoms with Gasteiger partial charge in [0.05, 0.1) is 0 Å². The molecular formula is C19H27N3OS2. The first kappa shape index (κ1) is 18.6. The topological polar surface area (TPSA) is 46.1 Å². The van der Waals surface area contributed by atoms with Gasteiger partial charge in [-0.25, -0.2) is 9.97 Å². The van der Waals surface area contributed by atoms with E-state index in [4.69, 9.17) is 0 Å². The highest BCUT2D eigenvalue weighted by Crippen LogP contribution is 2.36. The highest BCUT2D eigenvalue weighted by Gasteiger charge is 2.30. The van der Waals surface area contributed by atoms with Crippen molar-refractivity contribution in [3.05, 3.63) is 16.8 Å². The van der Waals surface area contributed by atoms with Crippen LogP contribution < -0.4 is 0 Å². The van der Waals surface area contributed by atoms with Gasteiger partial charge in [0.15, 0.2) is 0 Å². The van der Waals surface area contributed by atoms with Crippen LogP contribution in [0.1, 0.15) is 44.1 Å². The van der Waals surface area contributed by atoms with Gasteiger partial charge in [-0.2, -0.15) is 0 Å². The van der Waals surface area contributed by atoms with Gasteiger partial charge in [0.25, 0.3) is 0 Å². The maximum atomic E-state index is 12.4. The molecule has 0 saturated carbocycles. The summed E-state index contributed by atoms with van der Waals surface area (Å²) in [6.45, 7) is 12.1. The molecule has 0 unspecified atom stereocenters. The number of carbonyl (C=O) groups excluding carboxylic acids is 1. The lowest BCUT2D eigenvalue weighted by Crippen LogP contribution is -2.44. The number of thiophene rings is 1. The Balaban J connectivity index is 1.60. The van der Waals surface area contributed by atoms with Gasteiger partial charge >= 0.3 is 0 Å². The molecule has 1 amide bonds. The molecule has 0 N–H and O–H groups in total. The predicted molar refractivity (Wildman–Crippen MR) is 106 cm³/mol. The number of thioether (sulfide) groups is 1. The Hall–Kier alpha value is -1.14. The van der Waals surface area contributed by atoms with Crippen LogP contribution in [0.25, 0.3) is 10.2 Å². The third-order valence-electron chi connectivity index (χ3n) is 4.93. The van der Waals surface area contributed by atoms with Crippen molar-refractivity contribution in [2.75, 3.05) is 18.8 Å². The van der Waals surface area contributed by atoms with Crippen LogP contribution in [0, 0.1) is 25.2 Å². The second-order valence-corrected chi connectivity index (χ2v) is 10.2. The lowest BCUT2D eigenvalue weighted by atomic mass is 9.92. The molecule has 0 atom stereocenters. The fourth-order valence-corrected chi connectivity index (χ4v) is 5.54. The Morgan fingerprint density at radius 1 is 1.28 bits per heavy atom. The largest absolute Gasteiger partial charge is 0.342 e. The van der Waals surface area contributed by atoms with E-state index in [1.165, 1.54) is 15.8 Å². The number of fused-ring (bicyclic) bond motifs is 1. The van der Waals surface area contributed by atoms with Crippen molar-refractivity contribution in [1.29, 1.82) is 0 Å². The summed E-state index contributed by atoms with van der Waals surface area (Å²) in [5, 5.41) is 2.34. The Morgan fingerprint density at radius 2 is 1.96 bits per heavy atom. The molecule has 1 saturated heterocycles. The van der Waals surface area contributed by atoms with Gasteiger partial charge < -0.3 is 4.90 Å². The molecule has 0 bridgehead atoms. The third-order valence-corrected chi connectivity index (χ3v) is 7.27. The second-order valence-electron chi connectivity index (χ2n) is 7.94. The van der Waals surface area contributed by atoms with E-state index in [2.05, 4.69) is 23.8 Å². The predicted octanol–water partition coefficient (Wildman–Crippen LogP) is 4.68. The van der Waals surface area contributed by atoms with Crippen molar-refractivity contribution >= 4 is 39.2 Å². The molecule has 0 aromatic carbocycles. The minimum Gasteiger partial charge on any atom is -0.342 e. The number of rotatable bonds is 3. The number of likely N-dealkylation sites (tertiary alicyclic amines) is 1. The van der Waals surface area contributed by atoms with Crippen LogP contribution in [0.5, 0.6) is 0 Å². The summed E-state index contributed by atoms with van der Waals surface area (Å²) >= 11 is 3.60. The average Bonchev–Trinajstić information content (AvgIpc) is 2.87. The monoisotopic (exact) mass is 377 g/mol. The van der Waals surface area contributed by atoms with Crippen molar-refractivity contribution in [2.24, 2.45) is 11.3 Å². The van der Waals surface area contributed by atoms with Crippen LogP contribution in [-0.4, -0.2) is 39.6 Å². The number of aromatic nitrogens is 2. The normalized spacial score (nSPS) is 16.6. The van der Waals surface area contributed by atoms with Crippen LogP contribution in [0.2, 0.25) is 0 Å². The Morgan fingerprint density at radius 3 is 2.60 bits per heavy atom. The molecule has 0 spiro atoms. The third kappa shape index (κ3) is 4.00. The second kappa shape index (κ2) is 7.23. The fraction of sp³-hybridized carbons (Fsp3) is 0.632. The molecule has 136 valence electrons. The fourth-order valence-electron chi connectivity index (χ4n) is 3.23. The van der Waals surface area contributed by atoms with Crippen LogP contribution in [0.15, 0.2) is 11.4 Å². The SMILES string of the molecule is Cc1sc2ncnc(SCC3CCN(C(=O)C(C)(C)C)CC3)c2c1C. The first-order valence-electron chi connectivity index (χ1n) is 8.90. The molecule has 2 aromatic rings. The van der Waals surface area contributed by atoms with Gasteiger partial charge in [-0.05, 0) is 38.2 Å². The van der Waals surface area contributed by atoms with Crippen molar-refractivity contribution in [3.8, 4) is 0 Å². The van der Waals surface area contributed by atoms with Crippen molar-refractivity contribution in [2.45, 2.75) is 52.5 Å². The van der Waals surface area contributed by atoms with E-state index in [1.807, 2.05) is 37.4 Å². The van der Waals surface area contributed by atoms with E-state index in [-0.39, 0.29) is 11.3 Å². The number of aryl methyl sites for hydroxylation is 2. The highest BCUT2D eigenvalue weighted by atomic mass is 32.2. The van der Waals surface area contributed by atoms with E-state index in [0.717, 1.165) is 41.5 Å². The number of hydrogen-bond donors (Lipinski definition) is 0. The smallest absolute Gasteiger partial charge is 0.227 e. The lowest BCUT2D eigenvalue weighted by molar-refractivity contribution is -0.140. The van der Waals surface area contributed by atoms with Crippen LogP contribution in [0.4, 0.5) is 0 Å². The van der Waals surface area contributed by atoms with Gasteiger partial charge in [0.1, 0.15) is 16.2 Å². The molecule has 3 heterocycles. The summed E-state index contributed by atoms with van der Waals surface area (Å²) in [7, 11) is 0. The summed E-state index contributed by atoms with van der Waals surface area (Å²) < 4.78 is 0. The maximum Gasteiger partial charge on any atom is 0.227 e. The first-order chi connectivity index (χ1) is 11.8. The van der Waals surface area contributed by atoms with E-state index in [1.54, 1.807) is 17.7 Å². The van der Waals surface area contributed by atoms with Gasteiger partial charge in [0, 0.05) is 34.5 Å². The van der Waals surface area contributed by atoms with Gasteiger partial charge in [-0.1, -0.05) is 20.8 Å². The van der Waals surface area contributed by atoms with E-state index < -0.39 is 0 Å². The summed E-state index contributed by atoms with van der Waals surface area (Å²) in [4.78, 5) is 25.8.